The van der Waals surface area contributed by atoms with Crippen molar-refractivity contribution in [3.05, 3.63) is 134 Å². The van der Waals surface area contributed by atoms with E-state index < -0.39 is 20.0 Å². The Kier molecular flexibility index (Phi) is 47.2. The molecule has 392 valence electrons. The van der Waals surface area contributed by atoms with Crippen molar-refractivity contribution >= 4 is 13.7 Å². The molecule has 0 aromatic carbocycles. The number of unbranched alkanes of at least 4 members (excludes halogenated alkanes) is 14. The van der Waals surface area contributed by atoms with Gasteiger partial charge in [0.1, 0.15) is 13.2 Å². The number of aliphatic hydroxyl groups excluding tert-OH is 1. The maximum Gasteiger partial charge on any atom is 0.472 e. The van der Waals surface area contributed by atoms with Crippen LogP contribution in [-0.4, -0.2) is 73.4 Å². The first-order valence-corrected chi connectivity index (χ1v) is 28.6. The fraction of sp³-hybridized carbons (Fsp3) is 0.617. The number of nitrogens with one attached hydrogen (secondary N) is 1. The minimum Gasteiger partial charge on any atom is -0.387 e. The molecule has 0 rings (SSSR count). The predicted octanol–water partition coefficient (Wildman–Crippen LogP) is 16.4. The van der Waals surface area contributed by atoms with Gasteiger partial charge in [-0.15, -0.1) is 0 Å². The molecule has 0 bridgehead atoms. The second kappa shape index (κ2) is 49.6. The average molecular weight is 978 g/mol. The van der Waals surface area contributed by atoms with E-state index in [-0.39, 0.29) is 19.1 Å². The summed E-state index contributed by atoms with van der Waals surface area (Å²) in [6, 6.07) is -0.857. The van der Waals surface area contributed by atoms with Crippen molar-refractivity contribution in [1.29, 1.82) is 0 Å². The molecule has 0 saturated carbocycles. The first kappa shape index (κ1) is 65.6. The van der Waals surface area contributed by atoms with Crippen LogP contribution in [0.4, 0.5) is 0 Å². The smallest absolute Gasteiger partial charge is 0.387 e. The number of quaternary nitrogens is 1. The molecule has 0 aromatic rings. The third-order valence-corrected chi connectivity index (χ3v) is 12.1. The van der Waals surface area contributed by atoms with Gasteiger partial charge in [0.25, 0.3) is 0 Å². The third kappa shape index (κ3) is 52.3. The topological polar surface area (TPSA) is 105 Å². The summed E-state index contributed by atoms with van der Waals surface area (Å²) in [6.45, 7) is 4.62. The number of amides is 1. The van der Waals surface area contributed by atoms with Crippen LogP contribution in [0.3, 0.4) is 0 Å². The highest BCUT2D eigenvalue weighted by Gasteiger charge is 2.27. The minimum absolute atomic E-state index is 0.0527. The Hall–Kier alpha value is -3.36. The number of phosphoric acid groups is 1. The van der Waals surface area contributed by atoms with Crippen molar-refractivity contribution in [1.82, 2.24) is 5.32 Å². The monoisotopic (exact) mass is 978 g/mol. The van der Waals surface area contributed by atoms with E-state index >= 15 is 0 Å². The molecular formula is C60H102N2O6P+. The summed E-state index contributed by atoms with van der Waals surface area (Å²) in [6.07, 6.45) is 75.7. The predicted molar refractivity (Wildman–Crippen MR) is 299 cm³/mol. The van der Waals surface area contributed by atoms with Crippen LogP contribution in [-0.2, 0) is 18.4 Å². The summed E-state index contributed by atoms with van der Waals surface area (Å²) in [5.74, 6) is -0.196. The summed E-state index contributed by atoms with van der Waals surface area (Å²) in [5, 5.41) is 13.8. The van der Waals surface area contributed by atoms with Gasteiger partial charge in [0.15, 0.2) is 0 Å². The van der Waals surface area contributed by atoms with E-state index in [0.717, 1.165) is 116 Å². The van der Waals surface area contributed by atoms with Gasteiger partial charge in [-0.05, 0) is 96.3 Å². The van der Waals surface area contributed by atoms with Crippen LogP contribution in [0.5, 0.6) is 0 Å². The zero-order valence-electron chi connectivity index (χ0n) is 44.5. The lowest BCUT2D eigenvalue weighted by atomic mass is 10.1. The van der Waals surface area contributed by atoms with E-state index in [1.54, 1.807) is 6.08 Å². The van der Waals surface area contributed by atoms with Gasteiger partial charge in [-0.2, -0.15) is 0 Å². The van der Waals surface area contributed by atoms with Crippen molar-refractivity contribution < 1.29 is 32.9 Å². The highest BCUT2D eigenvalue weighted by Crippen LogP contribution is 2.43. The number of allylic oxidation sites excluding steroid dienone is 21. The van der Waals surface area contributed by atoms with Crippen LogP contribution < -0.4 is 5.32 Å². The van der Waals surface area contributed by atoms with Gasteiger partial charge < -0.3 is 19.8 Å². The Bertz CT molecular complexity index is 1580. The fourth-order valence-electron chi connectivity index (χ4n) is 6.89. The molecule has 3 atom stereocenters. The summed E-state index contributed by atoms with van der Waals surface area (Å²) in [7, 11) is 1.54. The number of aliphatic hydroxyl groups is 1. The van der Waals surface area contributed by atoms with E-state index in [2.05, 4.69) is 141 Å². The number of rotatable bonds is 47. The van der Waals surface area contributed by atoms with Crippen molar-refractivity contribution in [2.24, 2.45) is 0 Å². The van der Waals surface area contributed by atoms with Gasteiger partial charge >= 0.3 is 7.82 Å². The number of carbonyl (C=O) groups is 1. The first-order valence-electron chi connectivity index (χ1n) is 27.1. The Morgan fingerprint density at radius 3 is 1.28 bits per heavy atom. The van der Waals surface area contributed by atoms with Crippen LogP contribution in [0.15, 0.2) is 134 Å². The zero-order valence-corrected chi connectivity index (χ0v) is 45.4. The maximum absolute atomic E-state index is 12.9. The lowest BCUT2D eigenvalue weighted by molar-refractivity contribution is -0.870. The second-order valence-electron chi connectivity index (χ2n) is 18.9. The molecule has 0 aliphatic heterocycles. The molecule has 0 spiro atoms. The molecule has 0 radical (unpaired) electrons. The molecule has 3 unspecified atom stereocenters. The number of hydrogen-bond donors (Lipinski definition) is 3. The molecular weight excluding hydrogens is 876 g/mol. The largest absolute Gasteiger partial charge is 0.472 e. The number of phosphoric ester groups is 1. The molecule has 69 heavy (non-hydrogen) atoms. The number of nitrogens with zero attached hydrogens (tertiary/aromatic N) is 1. The van der Waals surface area contributed by atoms with E-state index in [4.69, 9.17) is 9.05 Å². The summed E-state index contributed by atoms with van der Waals surface area (Å²) in [4.78, 5) is 23.1. The molecule has 0 fully saturated rings. The van der Waals surface area contributed by atoms with Crippen LogP contribution in [0.1, 0.15) is 187 Å². The van der Waals surface area contributed by atoms with Gasteiger partial charge in [0, 0.05) is 6.42 Å². The third-order valence-electron chi connectivity index (χ3n) is 11.1. The van der Waals surface area contributed by atoms with Crippen molar-refractivity contribution in [3.8, 4) is 0 Å². The van der Waals surface area contributed by atoms with E-state index in [0.29, 0.717) is 17.4 Å². The van der Waals surface area contributed by atoms with Crippen molar-refractivity contribution in [2.45, 2.75) is 199 Å². The van der Waals surface area contributed by atoms with Gasteiger partial charge in [-0.1, -0.05) is 218 Å². The normalized spacial score (nSPS) is 15.1. The molecule has 1 amide bonds. The quantitative estimate of drug-likeness (QED) is 0.0243. The van der Waals surface area contributed by atoms with Gasteiger partial charge in [-0.3, -0.25) is 13.8 Å². The molecule has 0 aliphatic carbocycles. The molecule has 0 aromatic heterocycles. The number of likely N-dealkylation sites (N-methyl/N-ethyl adjacent to an activating group) is 1. The molecule has 0 heterocycles. The van der Waals surface area contributed by atoms with Crippen molar-refractivity contribution in [2.75, 3.05) is 40.9 Å². The second-order valence-corrected chi connectivity index (χ2v) is 20.3. The average Bonchev–Trinajstić information content (AvgIpc) is 3.31. The molecule has 9 heteroatoms. The highest BCUT2D eigenvalue weighted by atomic mass is 31.2. The highest BCUT2D eigenvalue weighted by molar-refractivity contribution is 7.47. The lowest BCUT2D eigenvalue weighted by Gasteiger charge is -2.25. The lowest BCUT2D eigenvalue weighted by Crippen LogP contribution is -2.45. The first-order chi connectivity index (χ1) is 33.5. The van der Waals surface area contributed by atoms with Gasteiger partial charge in [-0.25, -0.2) is 4.57 Å². The maximum atomic E-state index is 12.9. The summed E-state index contributed by atoms with van der Waals surface area (Å²) >= 11 is 0. The fourth-order valence-corrected chi connectivity index (χ4v) is 7.63. The summed E-state index contributed by atoms with van der Waals surface area (Å²) < 4.78 is 23.5. The number of carbonyl (C=O) groups excluding carboxylic acids is 1. The van der Waals surface area contributed by atoms with E-state index in [9.17, 15) is 19.4 Å². The minimum atomic E-state index is -4.34. The van der Waals surface area contributed by atoms with Gasteiger partial charge in [0.05, 0.1) is 39.9 Å². The standard InChI is InChI=1S/C60H101N2O6P/c1-6-8-10-12-14-16-17-18-19-20-21-22-23-24-25-26-27-28-29-30-31-32-33-34-35-36-37-38-39-40-41-42-43-44-45-46-48-50-52-54-60(64)61-58(57-68-69(65,66)67-56-55-62(3,4)5)59(63)53-51-49-47-15-13-11-9-7-2/h8,10,14,16,18-19,21-22,24-25,27-28,30-31,33-34,36-37,39-40,51,53,58-59,63H,6-7,9,11-13,15,17,20,23,26,29,32,35,38,41-50,52,54-57H2,1-5H3,(H-,61,64,65,66)/p+1/b10-8-,16-14-,19-18-,22-21-,25-24-,28-27-,31-30-,34-33-,37-36-,40-39-,53-51+. The van der Waals surface area contributed by atoms with Crippen LogP contribution in [0, 0.1) is 0 Å². The Morgan fingerprint density at radius 1 is 0.507 bits per heavy atom. The van der Waals surface area contributed by atoms with Crippen LogP contribution in [0.2, 0.25) is 0 Å². The van der Waals surface area contributed by atoms with E-state index in [1.807, 2.05) is 27.2 Å². The Balaban J connectivity index is 4.06. The molecule has 0 aliphatic rings. The van der Waals surface area contributed by atoms with Crippen LogP contribution in [0.25, 0.3) is 0 Å². The SMILES string of the molecule is CC/C=C\C/C=C\C/C=C\C/C=C\C/C=C\C/C=C\C/C=C\C/C=C\C/C=C\C/C=C\CCCCCCCCCCC(=O)NC(COP(=O)(O)OCC[N+](C)(C)C)C(O)/C=C/CCCCCCCC. The number of hydrogen-bond acceptors (Lipinski definition) is 5. The Labute approximate surface area is 424 Å². The van der Waals surface area contributed by atoms with Crippen LogP contribution >= 0.6 is 7.82 Å². The molecule has 0 saturated heterocycles. The molecule has 8 nitrogen and oxygen atoms in total. The zero-order chi connectivity index (χ0) is 50.6. The summed E-state index contributed by atoms with van der Waals surface area (Å²) in [5.41, 5.74) is 0. The van der Waals surface area contributed by atoms with E-state index in [1.165, 1.54) is 51.4 Å². The molecule has 3 N–H and O–H groups in total. The Morgan fingerprint density at radius 2 is 0.870 bits per heavy atom. The van der Waals surface area contributed by atoms with Crippen molar-refractivity contribution in [3.63, 3.8) is 0 Å². The van der Waals surface area contributed by atoms with Gasteiger partial charge in [0.2, 0.25) is 5.91 Å².